The average Bonchev–Trinajstić information content (AvgIpc) is 1.96. The number of carbonyl (C=O) groups is 2. The lowest BCUT2D eigenvalue weighted by Crippen LogP contribution is -2.47. The second kappa shape index (κ2) is 5.22. The van der Waals surface area contributed by atoms with Crippen molar-refractivity contribution in [1.29, 1.82) is 0 Å². The molecule has 0 saturated carbocycles. The van der Waals surface area contributed by atoms with Gasteiger partial charge < -0.3 is 10.4 Å². The van der Waals surface area contributed by atoms with Crippen LogP contribution in [0.15, 0.2) is 0 Å². The predicted molar refractivity (Wildman–Crippen MR) is 42.5 cm³/mol. The third kappa shape index (κ3) is 6.66. The van der Waals surface area contributed by atoms with E-state index in [0.717, 1.165) is 0 Å². The van der Waals surface area contributed by atoms with E-state index >= 15 is 0 Å². The lowest BCUT2D eigenvalue weighted by molar-refractivity contribution is 0.186. The Labute approximate surface area is 70.3 Å². The monoisotopic (exact) mass is 175 g/mol. The molecule has 0 saturated heterocycles. The molecular weight excluding hydrogens is 162 g/mol. The fourth-order valence-corrected chi connectivity index (χ4v) is 0.451. The lowest BCUT2D eigenvalue weighted by Gasteiger charge is -2.08. The molecule has 0 aliphatic rings. The van der Waals surface area contributed by atoms with E-state index in [-0.39, 0.29) is 0 Å². The Morgan fingerprint density at radius 3 is 2.33 bits per heavy atom. The van der Waals surface area contributed by atoms with Gasteiger partial charge >= 0.3 is 12.1 Å². The first-order chi connectivity index (χ1) is 5.52. The Balaban J connectivity index is 3.40. The van der Waals surface area contributed by atoms with E-state index in [1.807, 2.05) is 19.3 Å². The van der Waals surface area contributed by atoms with Crippen LogP contribution in [-0.4, -0.2) is 23.8 Å². The predicted octanol–water partition coefficient (Wildman–Crippen LogP) is 0.124. The molecule has 6 heteroatoms. The number of carboxylic acid groups (broad SMARTS) is 1. The molecule has 0 bridgehead atoms. The van der Waals surface area contributed by atoms with Crippen LogP contribution in [0.5, 0.6) is 0 Å². The van der Waals surface area contributed by atoms with Gasteiger partial charge in [0.1, 0.15) is 0 Å². The van der Waals surface area contributed by atoms with Crippen LogP contribution in [0.1, 0.15) is 13.8 Å². The van der Waals surface area contributed by atoms with Gasteiger partial charge in [-0.3, -0.25) is 0 Å². The zero-order valence-electron chi connectivity index (χ0n) is 7.05. The molecule has 0 aromatic heterocycles. The molecule has 0 aliphatic carbocycles. The van der Waals surface area contributed by atoms with Crippen molar-refractivity contribution >= 4 is 12.1 Å². The highest BCUT2D eigenvalue weighted by Gasteiger charge is 2.01. The van der Waals surface area contributed by atoms with Gasteiger partial charge in [0, 0.05) is 6.54 Å². The van der Waals surface area contributed by atoms with E-state index in [4.69, 9.17) is 5.11 Å². The van der Waals surface area contributed by atoms with Gasteiger partial charge in [-0.05, 0) is 5.92 Å². The minimum Gasteiger partial charge on any atom is -0.464 e. The standard InChI is InChI=1S/C6H13N3O3/c1-4(2)3-7-5(10)8-9-6(11)12/h4,9H,3H2,1-2H3,(H,11,12)(H2,7,8,10). The summed E-state index contributed by atoms with van der Waals surface area (Å²) < 4.78 is 0. The van der Waals surface area contributed by atoms with Crippen molar-refractivity contribution in [3.63, 3.8) is 0 Å². The molecular formula is C6H13N3O3. The van der Waals surface area contributed by atoms with Crippen molar-refractivity contribution in [3.8, 4) is 0 Å². The third-order valence-corrected chi connectivity index (χ3v) is 0.954. The largest absolute Gasteiger partial charge is 0.464 e. The number of amides is 3. The summed E-state index contributed by atoms with van der Waals surface area (Å²) in [6, 6.07) is -0.550. The van der Waals surface area contributed by atoms with Gasteiger partial charge in [0.05, 0.1) is 0 Å². The van der Waals surface area contributed by atoms with E-state index in [1.165, 1.54) is 0 Å². The van der Waals surface area contributed by atoms with Gasteiger partial charge in [-0.25, -0.2) is 20.4 Å². The first-order valence-corrected chi connectivity index (χ1v) is 3.55. The van der Waals surface area contributed by atoms with Gasteiger partial charge in [-0.1, -0.05) is 13.8 Å². The maximum absolute atomic E-state index is 10.7. The van der Waals surface area contributed by atoms with Crippen LogP contribution in [0.2, 0.25) is 0 Å². The molecule has 0 unspecified atom stereocenters. The number of urea groups is 1. The Bertz CT molecular complexity index is 169. The second-order valence-electron chi connectivity index (χ2n) is 2.66. The SMILES string of the molecule is CC(C)CNC(=O)NNC(=O)O. The number of carbonyl (C=O) groups excluding carboxylic acids is 1. The first-order valence-electron chi connectivity index (χ1n) is 3.55. The average molecular weight is 175 g/mol. The van der Waals surface area contributed by atoms with Crippen LogP contribution in [0, 0.1) is 5.92 Å². The van der Waals surface area contributed by atoms with Crippen molar-refractivity contribution in [3.05, 3.63) is 0 Å². The molecule has 0 fully saturated rings. The van der Waals surface area contributed by atoms with E-state index in [2.05, 4.69) is 5.32 Å². The van der Waals surface area contributed by atoms with E-state index in [9.17, 15) is 9.59 Å². The zero-order valence-corrected chi connectivity index (χ0v) is 7.05. The summed E-state index contributed by atoms with van der Waals surface area (Å²) in [6.07, 6.45) is -1.30. The Kier molecular flexibility index (Phi) is 4.59. The molecule has 4 N–H and O–H groups in total. The molecule has 3 amide bonds. The summed E-state index contributed by atoms with van der Waals surface area (Å²) in [5, 5.41) is 10.5. The van der Waals surface area contributed by atoms with Crippen LogP contribution >= 0.6 is 0 Å². The van der Waals surface area contributed by atoms with Crippen molar-refractivity contribution in [2.24, 2.45) is 5.92 Å². The summed E-state index contributed by atoms with van der Waals surface area (Å²) in [6.45, 7) is 4.38. The lowest BCUT2D eigenvalue weighted by atomic mass is 10.2. The summed E-state index contributed by atoms with van der Waals surface area (Å²) in [4.78, 5) is 20.6. The topological polar surface area (TPSA) is 90.5 Å². The molecule has 6 nitrogen and oxygen atoms in total. The highest BCUT2D eigenvalue weighted by Crippen LogP contribution is 1.85. The van der Waals surface area contributed by atoms with Gasteiger partial charge in [0.15, 0.2) is 0 Å². The minimum absolute atomic E-state index is 0.334. The molecule has 0 spiro atoms. The van der Waals surface area contributed by atoms with E-state index in [0.29, 0.717) is 12.5 Å². The minimum atomic E-state index is -1.30. The van der Waals surface area contributed by atoms with Gasteiger partial charge in [-0.2, -0.15) is 0 Å². The van der Waals surface area contributed by atoms with Crippen molar-refractivity contribution < 1.29 is 14.7 Å². The molecule has 0 atom stereocenters. The smallest absolute Gasteiger partial charge is 0.423 e. The van der Waals surface area contributed by atoms with Crippen LogP contribution in [-0.2, 0) is 0 Å². The summed E-state index contributed by atoms with van der Waals surface area (Å²) >= 11 is 0. The van der Waals surface area contributed by atoms with E-state index in [1.54, 1.807) is 5.43 Å². The maximum atomic E-state index is 10.7. The van der Waals surface area contributed by atoms with Crippen LogP contribution in [0.25, 0.3) is 0 Å². The fourth-order valence-electron chi connectivity index (χ4n) is 0.451. The highest BCUT2D eigenvalue weighted by molar-refractivity contribution is 5.76. The molecule has 0 aliphatic heterocycles. The van der Waals surface area contributed by atoms with Crippen molar-refractivity contribution in [2.75, 3.05) is 6.54 Å². The van der Waals surface area contributed by atoms with Crippen molar-refractivity contribution in [1.82, 2.24) is 16.2 Å². The maximum Gasteiger partial charge on any atom is 0.423 e. The molecule has 12 heavy (non-hydrogen) atoms. The van der Waals surface area contributed by atoms with Crippen LogP contribution < -0.4 is 16.2 Å². The Morgan fingerprint density at radius 2 is 1.92 bits per heavy atom. The van der Waals surface area contributed by atoms with Gasteiger partial charge in [0.25, 0.3) is 0 Å². The fraction of sp³-hybridized carbons (Fsp3) is 0.667. The number of nitrogens with one attached hydrogen (secondary N) is 3. The highest BCUT2D eigenvalue weighted by atomic mass is 16.4. The van der Waals surface area contributed by atoms with Crippen molar-refractivity contribution in [2.45, 2.75) is 13.8 Å². The number of hydrogen-bond acceptors (Lipinski definition) is 2. The third-order valence-electron chi connectivity index (χ3n) is 0.954. The second-order valence-corrected chi connectivity index (χ2v) is 2.66. The zero-order chi connectivity index (χ0) is 9.56. The molecule has 0 rings (SSSR count). The molecule has 0 aromatic rings. The number of hydrazine groups is 1. The summed E-state index contributed by atoms with van der Waals surface area (Å²) in [5.74, 6) is 0.334. The quantitative estimate of drug-likeness (QED) is 0.449. The van der Waals surface area contributed by atoms with Gasteiger partial charge in [0.2, 0.25) is 0 Å². The number of hydrogen-bond donors (Lipinski definition) is 4. The molecule has 0 aromatic carbocycles. The Morgan fingerprint density at radius 1 is 1.33 bits per heavy atom. The first kappa shape index (κ1) is 10.5. The molecule has 0 heterocycles. The molecule has 0 radical (unpaired) electrons. The number of rotatable bonds is 2. The summed E-state index contributed by atoms with van der Waals surface area (Å²) in [7, 11) is 0. The van der Waals surface area contributed by atoms with Crippen LogP contribution in [0.3, 0.4) is 0 Å². The Hall–Kier alpha value is -1.46. The molecule has 70 valence electrons. The van der Waals surface area contributed by atoms with Gasteiger partial charge in [-0.15, -0.1) is 0 Å². The normalized spacial score (nSPS) is 9.25. The summed E-state index contributed by atoms with van der Waals surface area (Å²) in [5.41, 5.74) is 3.66. The van der Waals surface area contributed by atoms with Crippen LogP contribution in [0.4, 0.5) is 9.59 Å². The van der Waals surface area contributed by atoms with E-state index < -0.39 is 12.1 Å².